The number of aromatic amines is 2. The van der Waals surface area contributed by atoms with E-state index in [9.17, 15) is 4.39 Å². The lowest BCUT2D eigenvalue weighted by molar-refractivity contribution is 0.425. The highest BCUT2D eigenvalue weighted by Crippen LogP contribution is 2.32. The molecule has 0 aliphatic rings. The summed E-state index contributed by atoms with van der Waals surface area (Å²) in [5.74, 6) is 0.188. The fraction of sp³-hybridized carbons (Fsp3) is 0.172. The number of nitrogens with one attached hydrogen (secondary N) is 3. The maximum atomic E-state index is 14.6. The Bertz CT molecular complexity index is 1730. The Morgan fingerprint density at radius 3 is 2.74 bits per heavy atom. The van der Waals surface area contributed by atoms with E-state index in [4.69, 9.17) is 15.7 Å². The third-order valence-electron chi connectivity index (χ3n) is 6.29. The van der Waals surface area contributed by atoms with Crippen LogP contribution in [0.2, 0.25) is 0 Å². The molecule has 0 atom stereocenters. The molecule has 0 saturated carbocycles. The lowest BCUT2D eigenvalue weighted by Crippen LogP contribution is -2.20. The van der Waals surface area contributed by atoms with E-state index in [0.717, 1.165) is 23.3 Å². The summed E-state index contributed by atoms with van der Waals surface area (Å²) >= 11 is 0. The number of imidazole rings is 1. The third-order valence-corrected chi connectivity index (χ3v) is 6.29. The van der Waals surface area contributed by atoms with Gasteiger partial charge in [-0.25, -0.2) is 14.4 Å². The second-order valence-corrected chi connectivity index (χ2v) is 9.38. The number of hydrogen-bond acceptors (Lipinski definition) is 7. The molecule has 9 nitrogen and oxygen atoms in total. The molecule has 39 heavy (non-hydrogen) atoms. The van der Waals surface area contributed by atoms with Crippen LogP contribution in [0.15, 0.2) is 73.2 Å². The zero-order valence-corrected chi connectivity index (χ0v) is 22.1. The summed E-state index contributed by atoms with van der Waals surface area (Å²) in [7, 11) is 3.99. The maximum Gasteiger partial charge on any atom is 0.161 e. The average molecular weight is 524 g/mol. The van der Waals surface area contributed by atoms with E-state index < -0.39 is 0 Å². The van der Waals surface area contributed by atoms with Crippen molar-refractivity contribution in [1.29, 1.82) is 0 Å². The molecular formula is C29H30FN9. The van der Waals surface area contributed by atoms with Gasteiger partial charge in [-0.3, -0.25) is 10.1 Å². The van der Waals surface area contributed by atoms with Crippen molar-refractivity contribution in [1.82, 2.24) is 35.0 Å². The van der Waals surface area contributed by atoms with Gasteiger partial charge < -0.3 is 20.9 Å². The highest BCUT2D eigenvalue weighted by atomic mass is 19.1. The van der Waals surface area contributed by atoms with Crippen molar-refractivity contribution in [3.05, 3.63) is 84.7 Å². The smallest absolute Gasteiger partial charge is 0.161 e. The van der Waals surface area contributed by atoms with Crippen molar-refractivity contribution in [2.45, 2.75) is 6.92 Å². The molecule has 5 aromatic rings. The maximum absolute atomic E-state index is 14.6. The molecule has 4 heterocycles. The fourth-order valence-electron chi connectivity index (χ4n) is 4.30. The number of fused-ring (bicyclic) bond motifs is 2. The second-order valence-electron chi connectivity index (χ2n) is 9.38. The molecule has 0 spiro atoms. The molecule has 0 unspecified atom stereocenters. The van der Waals surface area contributed by atoms with Crippen LogP contribution in [0.25, 0.3) is 50.3 Å². The number of aromatic nitrogens is 6. The van der Waals surface area contributed by atoms with Crippen molar-refractivity contribution in [2.75, 3.05) is 32.5 Å². The molecular weight excluding hydrogens is 493 g/mol. The Balaban J connectivity index is 1.55. The quantitative estimate of drug-likeness (QED) is 0.198. The first-order valence-electron chi connectivity index (χ1n) is 12.5. The number of anilines is 1. The molecule has 0 aliphatic carbocycles. The molecule has 0 saturated heterocycles. The van der Waals surface area contributed by atoms with E-state index in [0.29, 0.717) is 57.1 Å². The first kappa shape index (κ1) is 25.8. The number of pyridine rings is 2. The van der Waals surface area contributed by atoms with Gasteiger partial charge in [0, 0.05) is 36.2 Å². The Morgan fingerprint density at radius 2 is 1.97 bits per heavy atom. The zero-order valence-electron chi connectivity index (χ0n) is 22.1. The number of nitrogens with two attached hydrogens (primary N) is 1. The van der Waals surface area contributed by atoms with Gasteiger partial charge in [-0.1, -0.05) is 12.7 Å². The molecule has 0 amide bonds. The first-order valence-corrected chi connectivity index (χ1v) is 12.5. The minimum absolute atomic E-state index is 0.339. The van der Waals surface area contributed by atoms with E-state index in [-0.39, 0.29) is 5.82 Å². The molecule has 0 fully saturated rings. The van der Waals surface area contributed by atoms with Crippen molar-refractivity contribution in [2.24, 2.45) is 5.73 Å². The van der Waals surface area contributed by atoms with Gasteiger partial charge in [-0.15, -0.1) is 0 Å². The largest absolute Gasteiger partial charge is 0.399 e. The molecule has 0 radical (unpaired) electrons. The van der Waals surface area contributed by atoms with Crippen LogP contribution < -0.4 is 11.1 Å². The van der Waals surface area contributed by atoms with E-state index in [2.05, 4.69) is 37.0 Å². The van der Waals surface area contributed by atoms with Gasteiger partial charge in [0.25, 0.3) is 0 Å². The van der Waals surface area contributed by atoms with Gasteiger partial charge in [0.15, 0.2) is 11.5 Å². The molecule has 0 bridgehead atoms. The second kappa shape index (κ2) is 10.9. The summed E-state index contributed by atoms with van der Waals surface area (Å²) in [4.78, 5) is 19.5. The summed E-state index contributed by atoms with van der Waals surface area (Å²) in [6.45, 7) is 7.16. The van der Waals surface area contributed by atoms with Gasteiger partial charge in [-0.2, -0.15) is 5.10 Å². The number of halogens is 1. The number of allylic oxidation sites excluding steroid dienone is 4. The molecule has 5 rings (SSSR count). The molecule has 198 valence electrons. The highest BCUT2D eigenvalue weighted by Gasteiger charge is 2.18. The lowest BCUT2D eigenvalue weighted by atomic mass is 10.1. The summed E-state index contributed by atoms with van der Waals surface area (Å²) < 4.78 is 14.6. The minimum atomic E-state index is -0.339. The van der Waals surface area contributed by atoms with Crippen LogP contribution in [0.5, 0.6) is 0 Å². The number of nitrogens with zero attached hydrogens (tertiary/aromatic N) is 5. The Morgan fingerprint density at radius 1 is 1.13 bits per heavy atom. The monoisotopic (exact) mass is 523 g/mol. The van der Waals surface area contributed by atoms with Crippen molar-refractivity contribution < 1.29 is 4.39 Å². The summed E-state index contributed by atoms with van der Waals surface area (Å²) in [5.41, 5.74) is 13.5. The summed E-state index contributed by atoms with van der Waals surface area (Å²) in [6, 6.07) is 8.70. The van der Waals surface area contributed by atoms with Gasteiger partial charge >= 0.3 is 0 Å². The topological polar surface area (TPSA) is 124 Å². The number of H-pyrrole nitrogens is 2. The predicted molar refractivity (Wildman–Crippen MR) is 155 cm³/mol. The Labute approximate surface area is 225 Å². The number of likely N-dealkylation sites (N-methyl/N-ethyl adjacent to an activating group) is 1. The molecule has 0 aliphatic heterocycles. The first-order chi connectivity index (χ1) is 18.9. The van der Waals surface area contributed by atoms with Crippen LogP contribution in [-0.4, -0.2) is 62.2 Å². The summed E-state index contributed by atoms with van der Waals surface area (Å²) in [5, 5.41) is 10.8. The van der Waals surface area contributed by atoms with Gasteiger partial charge in [-0.05, 0) is 74.6 Å². The average Bonchev–Trinajstić information content (AvgIpc) is 3.54. The van der Waals surface area contributed by atoms with Crippen molar-refractivity contribution in [3.63, 3.8) is 0 Å². The lowest BCUT2D eigenvalue weighted by Gasteiger charge is -2.12. The Hall–Kier alpha value is -4.83. The highest BCUT2D eigenvalue weighted by molar-refractivity contribution is 5.96. The van der Waals surface area contributed by atoms with Crippen LogP contribution in [0.3, 0.4) is 0 Å². The van der Waals surface area contributed by atoms with Gasteiger partial charge in [0.1, 0.15) is 11.3 Å². The predicted octanol–water partition coefficient (Wildman–Crippen LogP) is 5.11. The van der Waals surface area contributed by atoms with Crippen molar-refractivity contribution in [3.8, 4) is 22.6 Å². The van der Waals surface area contributed by atoms with E-state index in [1.807, 2.05) is 51.4 Å². The standard InChI is InChI=1S/C29H30FN9/c1-5-17(12-20(31)6-2)23-7-8-24-27(34-23)28(38-37-24)29-35-25-16-32-15-22(26(25)36-29)18-11-19(30)14-21(13-18)33-9-10-39(3)4/h5-8,11-16,33H,2,9-10,31H2,1,3-4H3,(H,35,36)(H,37,38)/b17-5+,20-12+. The van der Waals surface area contributed by atoms with Crippen LogP contribution in [-0.2, 0) is 0 Å². The molecule has 10 heteroatoms. The van der Waals surface area contributed by atoms with Crippen LogP contribution in [0, 0.1) is 5.82 Å². The minimum Gasteiger partial charge on any atom is -0.399 e. The molecule has 1 aromatic carbocycles. The van der Waals surface area contributed by atoms with Gasteiger partial charge in [0.05, 0.1) is 28.4 Å². The van der Waals surface area contributed by atoms with Crippen LogP contribution >= 0.6 is 0 Å². The van der Waals surface area contributed by atoms with Crippen LogP contribution in [0.4, 0.5) is 10.1 Å². The van der Waals surface area contributed by atoms with E-state index >= 15 is 0 Å². The zero-order chi connectivity index (χ0) is 27.5. The molecule has 5 N–H and O–H groups in total. The van der Waals surface area contributed by atoms with Crippen molar-refractivity contribution >= 4 is 33.3 Å². The van der Waals surface area contributed by atoms with Crippen LogP contribution in [0.1, 0.15) is 12.6 Å². The number of rotatable bonds is 9. The Kier molecular flexibility index (Phi) is 7.20. The third kappa shape index (κ3) is 5.41. The van der Waals surface area contributed by atoms with E-state index in [1.165, 1.54) is 12.1 Å². The SMILES string of the molecule is C=C/C(N)=C\C(=C/C)c1ccc2[nH]nc(-c3nc4c(-c5cc(F)cc(NCCN(C)C)c5)cncc4[nH]3)c2n1. The number of hydrogen-bond donors (Lipinski definition) is 4. The fourth-order valence-corrected chi connectivity index (χ4v) is 4.30. The van der Waals surface area contributed by atoms with Gasteiger partial charge in [0.2, 0.25) is 0 Å². The van der Waals surface area contributed by atoms with E-state index in [1.54, 1.807) is 18.5 Å². The normalized spacial score (nSPS) is 12.5. The number of benzene rings is 1. The summed E-state index contributed by atoms with van der Waals surface area (Å²) in [6.07, 6.45) is 8.74. The molecule has 4 aromatic heterocycles.